The van der Waals surface area contributed by atoms with E-state index in [2.05, 4.69) is 0 Å². The zero-order valence-electron chi connectivity index (χ0n) is 16.6. The molecule has 1 amide bonds. The molecule has 8 heteroatoms. The molecule has 2 aliphatic heterocycles. The second-order valence-electron chi connectivity index (χ2n) is 7.95. The van der Waals surface area contributed by atoms with Crippen LogP contribution in [0.15, 0.2) is 53.4 Å². The number of benzene rings is 2. The first-order valence-electron chi connectivity index (χ1n) is 10.3. The molecule has 1 saturated heterocycles. The summed E-state index contributed by atoms with van der Waals surface area (Å²) in [6, 6.07) is 14.6. The molecule has 0 spiro atoms. The number of carbonyl (C=O) groups is 1. The van der Waals surface area contributed by atoms with Gasteiger partial charge in [0.05, 0.1) is 10.3 Å². The molecule has 1 aliphatic carbocycles. The average molecular weight is 429 g/mol. The third-order valence-corrected chi connectivity index (χ3v) is 8.06. The van der Waals surface area contributed by atoms with Gasteiger partial charge in [-0.1, -0.05) is 30.3 Å². The summed E-state index contributed by atoms with van der Waals surface area (Å²) in [7, 11) is -3.66. The third-order valence-electron chi connectivity index (χ3n) is 6.16. The quantitative estimate of drug-likeness (QED) is 0.745. The van der Waals surface area contributed by atoms with Gasteiger partial charge in [0.1, 0.15) is 13.2 Å². The SMILES string of the molecule is O=C(N1CCN(S(=O)(=O)c2ccc3c(c2)OCCO3)CC1)C1(c2ccccc2)CC1. The van der Waals surface area contributed by atoms with Crippen molar-refractivity contribution in [1.29, 1.82) is 0 Å². The molecular weight excluding hydrogens is 404 g/mol. The van der Waals surface area contributed by atoms with Crippen LogP contribution in [0.2, 0.25) is 0 Å². The fourth-order valence-corrected chi connectivity index (χ4v) is 5.71. The van der Waals surface area contributed by atoms with Crippen LogP contribution in [0.1, 0.15) is 18.4 Å². The van der Waals surface area contributed by atoms with Gasteiger partial charge in [0, 0.05) is 32.2 Å². The van der Waals surface area contributed by atoms with Gasteiger partial charge in [-0.05, 0) is 30.5 Å². The van der Waals surface area contributed by atoms with E-state index in [-0.39, 0.29) is 23.9 Å². The largest absolute Gasteiger partial charge is 0.486 e. The maximum absolute atomic E-state index is 13.2. The van der Waals surface area contributed by atoms with Crippen LogP contribution in [0.3, 0.4) is 0 Å². The number of ether oxygens (including phenoxy) is 2. The van der Waals surface area contributed by atoms with Gasteiger partial charge in [0.25, 0.3) is 0 Å². The topological polar surface area (TPSA) is 76.2 Å². The summed E-state index contributed by atoms with van der Waals surface area (Å²) in [6.45, 7) is 2.23. The first-order valence-corrected chi connectivity index (χ1v) is 11.7. The number of hydrogen-bond acceptors (Lipinski definition) is 5. The first kappa shape index (κ1) is 19.4. The van der Waals surface area contributed by atoms with E-state index in [9.17, 15) is 13.2 Å². The Bertz CT molecular complexity index is 1060. The van der Waals surface area contributed by atoms with Crippen molar-refractivity contribution in [2.75, 3.05) is 39.4 Å². The van der Waals surface area contributed by atoms with Crippen molar-refractivity contribution >= 4 is 15.9 Å². The maximum Gasteiger partial charge on any atom is 0.243 e. The number of piperazine rings is 1. The Hall–Kier alpha value is -2.58. The van der Waals surface area contributed by atoms with Gasteiger partial charge in [0.15, 0.2) is 11.5 Å². The minimum atomic E-state index is -3.66. The normalized spacial score (nSPS) is 20.6. The van der Waals surface area contributed by atoms with Crippen LogP contribution in [-0.4, -0.2) is 62.9 Å². The van der Waals surface area contributed by atoms with Gasteiger partial charge in [-0.15, -0.1) is 0 Å². The van der Waals surface area contributed by atoms with Crippen LogP contribution < -0.4 is 9.47 Å². The third kappa shape index (κ3) is 3.24. The molecule has 0 aromatic heterocycles. The second kappa shape index (κ2) is 7.28. The van der Waals surface area contributed by atoms with Crippen molar-refractivity contribution in [3.05, 3.63) is 54.1 Å². The molecule has 0 unspecified atom stereocenters. The smallest absolute Gasteiger partial charge is 0.243 e. The van der Waals surface area contributed by atoms with E-state index in [1.54, 1.807) is 12.1 Å². The van der Waals surface area contributed by atoms with E-state index in [4.69, 9.17) is 9.47 Å². The summed E-state index contributed by atoms with van der Waals surface area (Å²) in [6.07, 6.45) is 1.71. The number of nitrogens with zero attached hydrogens (tertiary/aromatic N) is 2. The van der Waals surface area contributed by atoms with Gasteiger partial charge in [-0.3, -0.25) is 4.79 Å². The number of rotatable bonds is 4. The first-order chi connectivity index (χ1) is 14.5. The molecule has 3 aliphatic rings. The van der Waals surface area contributed by atoms with Crippen molar-refractivity contribution in [3.63, 3.8) is 0 Å². The molecule has 158 valence electrons. The number of carbonyl (C=O) groups excluding carboxylic acids is 1. The molecular formula is C22H24N2O5S. The molecule has 0 atom stereocenters. The predicted octanol–water partition coefficient (Wildman–Crippen LogP) is 2.02. The summed E-state index contributed by atoms with van der Waals surface area (Å²) in [5.74, 6) is 1.13. The Morgan fingerprint density at radius 2 is 1.53 bits per heavy atom. The lowest BCUT2D eigenvalue weighted by molar-refractivity contribution is -0.135. The molecule has 30 heavy (non-hydrogen) atoms. The highest BCUT2D eigenvalue weighted by molar-refractivity contribution is 7.89. The zero-order chi connectivity index (χ0) is 20.8. The molecule has 5 rings (SSSR count). The van der Waals surface area contributed by atoms with Gasteiger partial charge in [-0.2, -0.15) is 4.31 Å². The summed E-state index contributed by atoms with van der Waals surface area (Å²) in [4.78, 5) is 15.2. The van der Waals surface area contributed by atoms with E-state index in [0.717, 1.165) is 18.4 Å². The maximum atomic E-state index is 13.2. The van der Waals surface area contributed by atoms with Crippen LogP contribution in [0.25, 0.3) is 0 Å². The Labute approximate surface area is 176 Å². The lowest BCUT2D eigenvalue weighted by atomic mass is 9.94. The van der Waals surface area contributed by atoms with E-state index in [1.807, 2.05) is 35.2 Å². The van der Waals surface area contributed by atoms with Crippen LogP contribution in [-0.2, 0) is 20.2 Å². The Balaban J connectivity index is 1.28. The highest BCUT2D eigenvalue weighted by Gasteiger charge is 2.53. The standard InChI is InChI=1S/C22H24N2O5S/c25-21(22(8-9-22)17-4-2-1-3-5-17)23-10-12-24(13-11-23)30(26,27)18-6-7-19-20(16-18)29-15-14-28-19/h1-7,16H,8-15H2. The van der Waals surface area contributed by atoms with Crippen molar-refractivity contribution in [2.45, 2.75) is 23.2 Å². The average Bonchev–Trinajstić information content (AvgIpc) is 3.61. The van der Waals surface area contributed by atoms with Gasteiger partial charge < -0.3 is 14.4 Å². The van der Waals surface area contributed by atoms with E-state index in [0.29, 0.717) is 37.8 Å². The van der Waals surface area contributed by atoms with Crippen LogP contribution in [0, 0.1) is 0 Å². The molecule has 2 fully saturated rings. The molecule has 2 heterocycles. The number of sulfonamides is 1. The van der Waals surface area contributed by atoms with Crippen molar-refractivity contribution < 1.29 is 22.7 Å². The van der Waals surface area contributed by atoms with Crippen LogP contribution in [0.4, 0.5) is 0 Å². The highest BCUT2D eigenvalue weighted by Crippen LogP contribution is 2.49. The molecule has 0 bridgehead atoms. The fourth-order valence-electron chi connectivity index (χ4n) is 4.28. The number of hydrogen-bond donors (Lipinski definition) is 0. The van der Waals surface area contributed by atoms with E-state index >= 15 is 0 Å². The monoisotopic (exact) mass is 428 g/mol. The van der Waals surface area contributed by atoms with Crippen molar-refractivity contribution in [1.82, 2.24) is 9.21 Å². The van der Waals surface area contributed by atoms with Crippen molar-refractivity contribution in [2.24, 2.45) is 0 Å². The summed E-state index contributed by atoms with van der Waals surface area (Å²) in [5.41, 5.74) is 0.638. The molecule has 7 nitrogen and oxygen atoms in total. The highest BCUT2D eigenvalue weighted by atomic mass is 32.2. The number of amides is 1. The van der Waals surface area contributed by atoms with Crippen LogP contribution in [0.5, 0.6) is 11.5 Å². The second-order valence-corrected chi connectivity index (χ2v) is 9.89. The lowest BCUT2D eigenvalue weighted by Gasteiger charge is -2.36. The Morgan fingerprint density at radius 1 is 0.867 bits per heavy atom. The molecule has 2 aromatic carbocycles. The molecule has 2 aromatic rings. The predicted molar refractivity (Wildman–Crippen MR) is 110 cm³/mol. The molecule has 0 radical (unpaired) electrons. The van der Waals surface area contributed by atoms with Crippen LogP contribution >= 0.6 is 0 Å². The van der Waals surface area contributed by atoms with E-state index < -0.39 is 15.4 Å². The lowest BCUT2D eigenvalue weighted by Crippen LogP contribution is -2.52. The fraction of sp³-hybridized carbons (Fsp3) is 0.409. The van der Waals surface area contributed by atoms with Gasteiger partial charge in [-0.25, -0.2) is 8.42 Å². The minimum absolute atomic E-state index is 0.116. The van der Waals surface area contributed by atoms with Gasteiger partial charge >= 0.3 is 0 Å². The number of fused-ring (bicyclic) bond motifs is 1. The summed E-state index contributed by atoms with van der Waals surface area (Å²) >= 11 is 0. The summed E-state index contributed by atoms with van der Waals surface area (Å²) in [5, 5.41) is 0. The van der Waals surface area contributed by atoms with Gasteiger partial charge in [0.2, 0.25) is 15.9 Å². The minimum Gasteiger partial charge on any atom is -0.486 e. The van der Waals surface area contributed by atoms with Crippen molar-refractivity contribution in [3.8, 4) is 11.5 Å². The zero-order valence-corrected chi connectivity index (χ0v) is 17.4. The summed E-state index contributed by atoms with van der Waals surface area (Å²) < 4.78 is 38.7. The Kier molecular flexibility index (Phi) is 4.71. The Morgan fingerprint density at radius 3 is 2.20 bits per heavy atom. The molecule has 1 saturated carbocycles. The molecule has 0 N–H and O–H groups in total. The van der Waals surface area contributed by atoms with E-state index in [1.165, 1.54) is 10.4 Å².